The molecule has 1 fully saturated rings. The Morgan fingerprint density at radius 1 is 1.15 bits per heavy atom. The predicted octanol–water partition coefficient (Wildman–Crippen LogP) is 5.13. The number of hydrogen-bond donors (Lipinski definition) is 0. The molecule has 1 aliphatic rings. The van der Waals surface area contributed by atoms with E-state index >= 15 is 0 Å². The van der Waals surface area contributed by atoms with Crippen LogP contribution in [0.25, 0.3) is 0 Å². The second kappa shape index (κ2) is 10.1. The molecule has 1 atom stereocenters. The van der Waals surface area contributed by atoms with Gasteiger partial charge in [0.1, 0.15) is 11.9 Å². The number of rotatable bonds is 7. The van der Waals surface area contributed by atoms with Gasteiger partial charge in [0.05, 0.1) is 24.3 Å². The number of ether oxygens (including phenoxy) is 1. The minimum Gasteiger partial charge on any atom is -0.496 e. The number of nitro benzene ring substituents is 1. The second-order valence-corrected chi connectivity index (χ2v) is 8.79. The third-order valence-corrected chi connectivity index (χ3v) is 6.12. The first kappa shape index (κ1) is 23.6. The van der Waals surface area contributed by atoms with Crippen LogP contribution in [0, 0.1) is 10.1 Å². The molecular formula is C25H23BrN4O4. The van der Waals surface area contributed by atoms with Gasteiger partial charge in [-0.3, -0.25) is 19.8 Å². The van der Waals surface area contributed by atoms with Crippen LogP contribution in [0.3, 0.4) is 0 Å². The third-order valence-electron chi connectivity index (χ3n) is 5.62. The Morgan fingerprint density at radius 2 is 1.85 bits per heavy atom. The Hall–Kier alpha value is -3.56. The molecule has 3 aromatic rings. The van der Waals surface area contributed by atoms with E-state index in [1.807, 2.05) is 48.5 Å². The average Bonchev–Trinajstić information content (AvgIpc) is 3.13. The number of methoxy groups -OCH3 is 1. The van der Waals surface area contributed by atoms with Crippen molar-refractivity contribution in [2.75, 3.05) is 13.7 Å². The lowest BCUT2D eigenvalue weighted by atomic mass is 10.1. The van der Waals surface area contributed by atoms with E-state index in [-0.39, 0.29) is 18.1 Å². The molecule has 1 aliphatic heterocycles. The number of amides is 1. The molecule has 0 aliphatic carbocycles. The molecule has 174 valence electrons. The minimum absolute atomic E-state index is 0.000385. The van der Waals surface area contributed by atoms with Gasteiger partial charge in [0.2, 0.25) is 0 Å². The smallest absolute Gasteiger partial charge is 0.269 e. The van der Waals surface area contributed by atoms with Crippen molar-refractivity contribution >= 4 is 33.2 Å². The van der Waals surface area contributed by atoms with Crippen molar-refractivity contribution in [2.45, 2.75) is 19.6 Å². The summed E-state index contributed by atoms with van der Waals surface area (Å²) in [6.07, 6.45) is -0.492. The highest BCUT2D eigenvalue weighted by molar-refractivity contribution is 9.10. The summed E-state index contributed by atoms with van der Waals surface area (Å²) < 4.78 is 6.48. The van der Waals surface area contributed by atoms with Crippen LogP contribution < -0.4 is 4.74 Å². The van der Waals surface area contributed by atoms with Crippen LogP contribution in [0.4, 0.5) is 5.69 Å². The fourth-order valence-corrected chi connectivity index (χ4v) is 4.35. The highest BCUT2D eigenvalue weighted by Crippen LogP contribution is 2.39. The number of nitro groups is 1. The molecule has 1 amide bonds. The summed E-state index contributed by atoms with van der Waals surface area (Å²) in [5.74, 6) is 0.498. The third kappa shape index (κ3) is 5.00. The van der Waals surface area contributed by atoms with Crippen LogP contribution in [0.2, 0.25) is 0 Å². The molecular weight excluding hydrogens is 500 g/mol. The topological polar surface area (TPSA) is 88.3 Å². The molecule has 0 spiro atoms. The van der Waals surface area contributed by atoms with Gasteiger partial charge in [-0.15, -0.1) is 0 Å². The van der Waals surface area contributed by atoms with Crippen LogP contribution in [-0.4, -0.2) is 40.1 Å². The summed E-state index contributed by atoms with van der Waals surface area (Å²) >= 11 is 3.53. The van der Waals surface area contributed by atoms with Gasteiger partial charge in [-0.1, -0.05) is 46.3 Å². The number of hydrazone groups is 1. The highest BCUT2D eigenvalue weighted by atomic mass is 79.9. The number of carbonyl (C=O) groups is 1. The fourth-order valence-electron chi connectivity index (χ4n) is 3.97. The van der Waals surface area contributed by atoms with Crippen molar-refractivity contribution in [3.05, 3.63) is 104 Å². The molecule has 1 saturated heterocycles. The van der Waals surface area contributed by atoms with E-state index in [0.29, 0.717) is 23.6 Å². The van der Waals surface area contributed by atoms with Crippen LogP contribution in [0.5, 0.6) is 5.75 Å². The fraction of sp³-hybridized carbons (Fsp3) is 0.200. The molecule has 1 heterocycles. The number of halogens is 1. The quantitative estimate of drug-likeness (QED) is 0.243. The van der Waals surface area contributed by atoms with Gasteiger partial charge in [-0.25, -0.2) is 5.01 Å². The Kier molecular flexibility index (Phi) is 7.04. The molecule has 9 heteroatoms. The molecule has 0 radical (unpaired) electrons. The van der Waals surface area contributed by atoms with Gasteiger partial charge < -0.3 is 4.74 Å². The molecule has 0 saturated carbocycles. The van der Waals surface area contributed by atoms with Gasteiger partial charge in [0.15, 0.2) is 0 Å². The lowest BCUT2D eigenvalue weighted by Crippen LogP contribution is -2.29. The zero-order valence-corrected chi connectivity index (χ0v) is 20.3. The Morgan fingerprint density at radius 3 is 2.50 bits per heavy atom. The number of benzene rings is 3. The largest absolute Gasteiger partial charge is 0.496 e. The Bertz CT molecular complexity index is 1230. The van der Waals surface area contributed by atoms with E-state index in [4.69, 9.17) is 4.74 Å². The monoisotopic (exact) mass is 522 g/mol. The number of carbonyl (C=O) groups excluding carboxylic acids is 1. The van der Waals surface area contributed by atoms with Crippen molar-refractivity contribution < 1.29 is 14.5 Å². The van der Waals surface area contributed by atoms with Crippen LogP contribution >= 0.6 is 15.9 Å². The first-order valence-corrected chi connectivity index (χ1v) is 11.4. The summed E-state index contributed by atoms with van der Waals surface area (Å²) in [6.45, 7) is 2.52. The zero-order chi connectivity index (χ0) is 24.2. The molecule has 4 rings (SSSR count). The van der Waals surface area contributed by atoms with Crippen molar-refractivity contribution in [1.29, 1.82) is 0 Å². The van der Waals surface area contributed by atoms with Gasteiger partial charge in [0.25, 0.3) is 11.6 Å². The first-order chi connectivity index (χ1) is 16.4. The van der Waals surface area contributed by atoms with Gasteiger partial charge in [-0.2, -0.15) is 5.10 Å². The minimum atomic E-state index is -0.492. The summed E-state index contributed by atoms with van der Waals surface area (Å²) in [5.41, 5.74) is 3.15. The lowest BCUT2D eigenvalue weighted by molar-refractivity contribution is -0.384. The molecule has 8 nitrogen and oxygen atoms in total. The maximum atomic E-state index is 13.2. The van der Waals surface area contributed by atoms with E-state index in [2.05, 4.69) is 25.9 Å². The predicted molar refractivity (Wildman–Crippen MR) is 132 cm³/mol. The Labute approximate surface area is 205 Å². The summed E-state index contributed by atoms with van der Waals surface area (Å²) in [7, 11) is 1.60. The van der Waals surface area contributed by atoms with E-state index in [1.54, 1.807) is 26.2 Å². The molecule has 0 bridgehead atoms. The van der Waals surface area contributed by atoms with Crippen LogP contribution in [0.1, 0.15) is 29.8 Å². The molecule has 3 aromatic carbocycles. The van der Waals surface area contributed by atoms with Crippen LogP contribution in [0.15, 0.2) is 82.4 Å². The van der Waals surface area contributed by atoms with Crippen LogP contribution in [-0.2, 0) is 11.3 Å². The molecule has 0 unspecified atom stereocenters. The molecule has 34 heavy (non-hydrogen) atoms. The number of nitrogens with zero attached hydrogens (tertiary/aromatic N) is 4. The van der Waals surface area contributed by atoms with Gasteiger partial charge in [0, 0.05) is 28.7 Å². The van der Waals surface area contributed by atoms with E-state index in [9.17, 15) is 14.9 Å². The summed E-state index contributed by atoms with van der Waals surface area (Å²) in [4.78, 5) is 25.8. The maximum absolute atomic E-state index is 13.2. The maximum Gasteiger partial charge on any atom is 0.269 e. The Balaban J connectivity index is 1.75. The van der Waals surface area contributed by atoms with Gasteiger partial charge in [-0.05, 0) is 48.4 Å². The normalized spacial score (nSPS) is 16.7. The summed E-state index contributed by atoms with van der Waals surface area (Å²) in [5, 5.41) is 17.1. The standard InChI is InChI=1S/C25H23BrN4O4/c1-17(19-8-11-21(12-9-19)30(32)33)27-29-24(31)16-28(15-18-6-4-3-5-7-18)25(29)22-14-20(26)10-13-23(22)34-2/h3-14,25H,15-16H2,1-2H3/b27-17-/t25-/m1/s1. The van der Waals surface area contributed by atoms with E-state index in [1.165, 1.54) is 17.1 Å². The highest BCUT2D eigenvalue weighted by Gasteiger charge is 2.41. The second-order valence-electron chi connectivity index (χ2n) is 7.88. The summed E-state index contributed by atoms with van der Waals surface area (Å²) in [6, 6.07) is 21.7. The number of hydrogen-bond acceptors (Lipinski definition) is 6. The van der Waals surface area contributed by atoms with Crippen molar-refractivity contribution in [1.82, 2.24) is 9.91 Å². The van der Waals surface area contributed by atoms with E-state index < -0.39 is 11.1 Å². The molecule has 0 aromatic heterocycles. The van der Waals surface area contributed by atoms with Crippen molar-refractivity contribution in [3.8, 4) is 5.75 Å². The molecule has 0 N–H and O–H groups in total. The van der Waals surface area contributed by atoms with Crippen molar-refractivity contribution in [2.24, 2.45) is 5.10 Å². The zero-order valence-electron chi connectivity index (χ0n) is 18.7. The average molecular weight is 523 g/mol. The first-order valence-electron chi connectivity index (χ1n) is 10.6. The van der Waals surface area contributed by atoms with Crippen molar-refractivity contribution in [3.63, 3.8) is 0 Å². The van der Waals surface area contributed by atoms with E-state index in [0.717, 1.165) is 15.6 Å². The lowest BCUT2D eigenvalue weighted by Gasteiger charge is -2.29. The SMILES string of the molecule is COc1ccc(Br)cc1[C@@H]1N(Cc2ccccc2)CC(=O)N1/N=C(/C)c1ccc([N+](=O)[O-])cc1. The number of non-ortho nitro benzene ring substituents is 1. The van der Waals surface area contributed by atoms with Gasteiger partial charge >= 0.3 is 0 Å².